The quantitative estimate of drug-likeness (QED) is 0.660. The van der Waals surface area contributed by atoms with Crippen LogP contribution in [0.25, 0.3) is 0 Å². The van der Waals surface area contributed by atoms with Crippen molar-refractivity contribution in [3.63, 3.8) is 0 Å². The lowest BCUT2D eigenvalue weighted by molar-refractivity contribution is -0.0466. The summed E-state index contributed by atoms with van der Waals surface area (Å²) >= 11 is 2.91. The minimum atomic E-state index is -2.62. The van der Waals surface area contributed by atoms with Crippen LogP contribution in [0, 0.1) is 5.92 Å². The van der Waals surface area contributed by atoms with Crippen molar-refractivity contribution >= 4 is 40.0 Å². The molecule has 9 nitrogen and oxygen atoms in total. The summed E-state index contributed by atoms with van der Waals surface area (Å²) in [6.07, 6.45) is 0.630. The van der Waals surface area contributed by atoms with E-state index >= 15 is 0 Å². The highest BCUT2D eigenvalue weighted by atomic mass is 32.2. The van der Waals surface area contributed by atoms with Gasteiger partial charge in [0.15, 0.2) is 11.8 Å². The first-order valence-corrected chi connectivity index (χ1v) is 11.3. The van der Waals surface area contributed by atoms with Gasteiger partial charge in [0, 0.05) is 17.1 Å². The molecule has 4 heterocycles. The smallest absolute Gasteiger partial charge is 0.277 e. The highest BCUT2D eigenvalue weighted by molar-refractivity contribution is 8.13. The summed E-state index contributed by atoms with van der Waals surface area (Å²) in [4.78, 5) is 29.5. The molecule has 0 spiro atoms. The molecule has 2 aliphatic rings. The van der Waals surface area contributed by atoms with Crippen molar-refractivity contribution in [2.45, 2.75) is 31.4 Å². The second kappa shape index (κ2) is 9.01. The molecular weight excluding hydrogens is 450 g/mol. The number of hydrogen-bond acceptors (Lipinski definition) is 10. The van der Waals surface area contributed by atoms with E-state index in [9.17, 15) is 13.6 Å². The Hall–Kier alpha value is -2.38. The highest BCUT2D eigenvalue weighted by Crippen LogP contribution is 2.47. The molecule has 31 heavy (non-hydrogen) atoms. The van der Waals surface area contributed by atoms with Gasteiger partial charge in [-0.2, -0.15) is 0 Å². The van der Waals surface area contributed by atoms with E-state index in [1.54, 1.807) is 5.38 Å². The van der Waals surface area contributed by atoms with Gasteiger partial charge in [0.25, 0.3) is 12.3 Å². The zero-order chi connectivity index (χ0) is 22.0. The van der Waals surface area contributed by atoms with Crippen molar-refractivity contribution in [1.29, 1.82) is 0 Å². The summed E-state index contributed by atoms with van der Waals surface area (Å²) < 4.78 is 35.0. The molecule has 13 heteroatoms. The number of rotatable bonds is 6. The number of aromatic nitrogens is 3. The molecule has 1 fully saturated rings. The standard InChI is InChI=1S/C18H20F2N6O3S2/c1-9-2-10-6-31-17(21)26-18(10,8-29-9)16-25-13(7-30-16)24-15(27)11-3-23-14(4-22-11)28-5-12(19)20/h3-4,7,9-10,12H,2,5-6,8H2,1H3,(H2,21,26)(H,24,27). The van der Waals surface area contributed by atoms with Gasteiger partial charge in [-0.25, -0.2) is 28.7 Å². The molecule has 1 amide bonds. The van der Waals surface area contributed by atoms with E-state index in [1.807, 2.05) is 6.92 Å². The number of alkyl halides is 2. The molecule has 2 aromatic rings. The van der Waals surface area contributed by atoms with Gasteiger partial charge in [-0.1, -0.05) is 11.8 Å². The van der Waals surface area contributed by atoms with Crippen LogP contribution >= 0.6 is 23.1 Å². The largest absolute Gasteiger partial charge is 0.470 e. The molecule has 0 aliphatic carbocycles. The third kappa shape index (κ3) is 4.77. The third-order valence-electron chi connectivity index (χ3n) is 4.96. The SMILES string of the molecule is CC1CC2CSC(N)=NC2(c2nc(NC(=O)c3cnc(OCC(F)F)cn3)cs2)CO1. The van der Waals surface area contributed by atoms with Gasteiger partial charge >= 0.3 is 0 Å². The first-order chi connectivity index (χ1) is 14.9. The van der Waals surface area contributed by atoms with Crippen molar-refractivity contribution < 1.29 is 23.0 Å². The Morgan fingerprint density at radius 2 is 2.29 bits per heavy atom. The predicted octanol–water partition coefficient (Wildman–Crippen LogP) is 2.51. The van der Waals surface area contributed by atoms with Crippen LogP contribution in [0.3, 0.4) is 0 Å². The molecular formula is C18H20F2N6O3S2. The number of hydrogen-bond donors (Lipinski definition) is 2. The fourth-order valence-electron chi connectivity index (χ4n) is 3.45. The van der Waals surface area contributed by atoms with Gasteiger partial charge in [-0.3, -0.25) is 4.79 Å². The Kier molecular flexibility index (Phi) is 6.34. The van der Waals surface area contributed by atoms with Crippen molar-refractivity contribution in [2.24, 2.45) is 16.6 Å². The van der Waals surface area contributed by atoms with E-state index in [4.69, 9.17) is 20.2 Å². The Balaban J connectivity index is 1.47. The number of thiazole rings is 1. The van der Waals surface area contributed by atoms with Gasteiger partial charge in [-0.15, -0.1) is 11.3 Å². The lowest BCUT2D eigenvalue weighted by Gasteiger charge is -2.44. The predicted molar refractivity (Wildman–Crippen MR) is 113 cm³/mol. The maximum Gasteiger partial charge on any atom is 0.277 e. The number of amides is 1. The molecule has 0 radical (unpaired) electrons. The first-order valence-electron chi connectivity index (χ1n) is 9.46. The number of ether oxygens (including phenoxy) is 2. The van der Waals surface area contributed by atoms with Gasteiger partial charge in [0.05, 0.1) is 25.1 Å². The highest BCUT2D eigenvalue weighted by Gasteiger charge is 2.49. The number of amidine groups is 1. The van der Waals surface area contributed by atoms with E-state index in [0.717, 1.165) is 29.6 Å². The van der Waals surface area contributed by atoms with E-state index < -0.39 is 24.5 Å². The van der Waals surface area contributed by atoms with Gasteiger partial charge in [0.1, 0.15) is 22.1 Å². The molecule has 3 unspecified atom stereocenters. The molecule has 2 aliphatic heterocycles. The maximum atomic E-state index is 12.5. The summed E-state index contributed by atoms with van der Waals surface area (Å²) in [5.74, 6) is 0.794. The van der Waals surface area contributed by atoms with Crippen LogP contribution in [0.15, 0.2) is 22.8 Å². The fraction of sp³-hybridized carbons (Fsp3) is 0.500. The third-order valence-corrected chi connectivity index (χ3v) is 6.92. The van der Waals surface area contributed by atoms with Crippen LogP contribution in [0.4, 0.5) is 14.6 Å². The second-order valence-corrected chi connectivity index (χ2v) is 9.07. The summed E-state index contributed by atoms with van der Waals surface area (Å²) in [6.45, 7) is 1.62. The van der Waals surface area contributed by atoms with Crippen molar-refractivity contribution in [2.75, 3.05) is 24.3 Å². The van der Waals surface area contributed by atoms with E-state index in [-0.39, 0.29) is 23.6 Å². The van der Waals surface area contributed by atoms with Crippen molar-refractivity contribution in [1.82, 2.24) is 15.0 Å². The van der Waals surface area contributed by atoms with Gasteiger partial charge in [0.2, 0.25) is 5.88 Å². The molecule has 2 aromatic heterocycles. The molecule has 3 atom stereocenters. The lowest BCUT2D eigenvalue weighted by atomic mass is 9.80. The van der Waals surface area contributed by atoms with E-state index in [2.05, 4.69) is 20.3 Å². The number of halogens is 2. The van der Waals surface area contributed by atoms with E-state index in [0.29, 0.717) is 17.6 Å². The number of nitrogens with two attached hydrogens (primary N) is 1. The Morgan fingerprint density at radius 3 is 3.03 bits per heavy atom. The normalized spacial score (nSPS) is 25.6. The molecule has 0 saturated carbocycles. The molecule has 166 valence electrons. The fourth-order valence-corrected chi connectivity index (χ4v) is 5.42. The minimum absolute atomic E-state index is 0.00106. The zero-order valence-corrected chi connectivity index (χ0v) is 18.1. The van der Waals surface area contributed by atoms with Crippen LogP contribution < -0.4 is 15.8 Å². The average molecular weight is 471 g/mol. The summed E-state index contributed by atoms with van der Waals surface area (Å²) in [5, 5.41) is 5.62. The van der Waals surface area contributed by atoms with Crippen molar-refractivity contribution in [3.05, 3.63) is 28.5 Å². The molecule has 0 bridgehead atoms. The molecule has 0 aromatic carbocycles. The van der Waals surface area contributed by atoms with Gasteiger partial charge in [-0.05, 0) is 13.3 Å². The number of carbonyl (C=O) groups excluding carboxylic acids is 1. The number of fused-ring (bicyclic) bond motifs is 1. The number of thioether (sulfide) groups is 1. The summed E-state index contributed by atoms with van der Waals surface area (Å²) in [6, 6.07) is 0. The molecule has 3 N–H and O–H groups in total. The Labute approximate surface area is 184 Å². The molecule has 4 rings (SSSR count). The zero-order valence-electron chi connectivity index (χ0n) is 16.5. The van der Waals surface area contributed by atoms with Crippen LogP contribution in [0.2, 0.25) is 0 Å². The number of nitrogens with zero attached hydrogens (tertiary/aromatic N) is 4. The number of carbonyl (C=O) groups is 1. The van der Waals surface area contributed by atoms with Crippen molar-refractivity contribution in [3.8, 4) is 5.88 Å². The molecule has 1 saturated heterocycles. The van der Waals surface area contributed by atoms with E-state index in [1.165, 1.54) is 23.1 Å². The van der Waals surface area contributed by atoms with Crippen LogP contribution in [-0.2, 0) is 10.3 Å². The Bertz CT molecular complexity index is 973. The monoisotopic (exact) mass is 470 g/mol. The lowest BCUT2D eigenvalue weighted by Crippen LogP contribution is -2.49. The topological polar surface area (TPSA) is 125 Å². The summed E-state index contributed by atoms with van der Waals surface area (Å²) in [7, 11) is 0. The number of aliphatic imine (C=N–C) groups is 1. The van der Waals surface area contributed by atoms with Gasteiger partial charge < -0.3 is 20.5 Å². The van der Waals surface area contributed by atoms with Crippen LogP contribution in [0.1, 0.15) is 28.8 Å². The number of anilines is 1. The minimum Gasteiger partial charge on any atom is -0.470 e. The summed E-state index contributed by atoms with van der Waals surface area (Å²) in [5.41, 5.74) is 5.36. The second-order valence-electron chi connectivity index (χ2n) is 7.17. The maximum absolute atomic E-state index is 12.5. The van der Waals surface area contributed by atoms with Crippen LogP contribution in [0.5, 0.6) is 5.88 Å². The first kappa shape index (κ1) is 21.8. The Morgan fingerprint density at radius 1 is 1.45 bits per heavy atom. The average Bonchev–Trinajstić information content (AvgIpc) is 3.22. The van der Waals surface area contributed by atoms with Crippen LogP contribution in [-0.4, -0.2) is 57.5 Å². The number of nitrogens with one attached hydrogen (secondary N) is 1.